The molecule has 1 saturated carbocycles. The number of aliphatic hydroxyl groups is 2. The first-order chi connectivity index (χ1) is 14.9. The first kappa shape index (κ1) is 22.2. The number of ether oxygens (including phenoxy) is 5. The van der Waals surface area contributed by atoms with Crippen molar-refractivity contribution in [3.05, 3.63) is 65.7 Å². The lowest BCUT2D eigenvalue weighted by molar-refractivity contribution is -0.223. The summed E-state index contributed by atoms with van der Waals surface area (Å²) in [6, 6.07) is 17.1. The predicted molar refractivity (Wildman–Crippen MR) is 112 cm³/mol. The minimum absolute atomic E-state index is 0.251. The summed E-state index contributed by atoms with van der Waals surface area (Å²) in [6.45, 7) is 4.15. The van der Waals surface area contributed by atoms with Gasteiger partial charge < -0.3 is 33.9 Å². The predicted octanol–water partition coefficient (Wildman–Crippen LogP) is 2.42. The van der Waals surface area contributed by atoms with E-state index in [1.807, 2.05) is 54.6 Å². The van der Waals surface area contributed by atoms with Gasteiger partial charge in [0, 0.05) is 0 Å². The molecule has 0 spiro atoms. The van der Waals surface area contributed by atoms with Gasteiger partial charge in [-0.25, -0.2) is 0 Å². The van der Waals surface area contributed by atoms with Crippen LogP contribution >= 0.6 is 0 Å². The first-order valence-corrected chi connectivity index (χ1v) is 10.5. The van der Waals surface area contributed by atoms with Gasteiger partial charge in [-0.3, -0.25) is 0 Å². The molecular formula is C24H30O7. The summed E-state index contributed by atoms with van der Waals surface area (Å²) in [5, 5.41) is 21.7. The van der Waals surface area contributed by atoms with Crippen LogP contribution in [0.3, 0.4) is 0 Å². The van der Waals surface area contributed by atoms with E-state index in [4.69, 9.17) is 23.7 Å². The van der Waals surface area contributed by atoms with E-state index in [9.17, 15) is 10.2 Å². The zero-order chi connectivity index (χ0) is 22.0. The van der Waals surface area contributed by atoms with Crippen LogP contribution in [0.4, 0.5) is 0 Å². The third kappa shape index (κ3) is 4.92. The third-order valence-corrected chi connectivity index (χ3v) is 5.72. The second-order valence-corrected chi connectivity index (χ2v) is 8.43. The van der Waals surface area contributed by atoms with Gasteiger partial charge in [-0.05, 0) is 37.1 Å². The Morgan fingerprint density at radius 3 is 1.74 bits per heavy atom. The van der Waals surface area contributed by atoms with Crippen LogP contribution in [0.15, 0.2) is 54.6 Å². The molecule has 0 bridgehead atoms. The lowest BCUT2D eigenvalue weighted by atomic mass is 9.84. The molecule has 4 rings (SSSR count). The topological polar surface area (TPSA) is 86.6 Å². The smallest absolute Gasteiger partial charge is 0.164 e. The molecule has 0 unspecified atom stereocenters. The first-order valence-electron chi connectivity index (χ1n) is 10.5. The highest BCUT2D eigenvalue weighted by Gasteiger charge is 2.58. The molecule has 2 aromatic rings. The Balaban J connectivity index is 1.47. The molecule has 0 radical (unpaired) electrons. The van der Waals surface area contributed by atoms with Crippen LogP contribution in [-0.4, -0.2) is 59.7 Å². The summed E-state index contributed by atoms with van der Waals surface area (Å²) >= 11 is 0. The normalized spacial score (nSPS) is 31.9. The summed E-state index contributed by atoms with van der Waals surface area (Å²) < 4.78 is 29.4. The Hall–Kier alpha value is -2.00. The minimum Gasteiger partial charge on any atom is -0.497 e. The van der Waals surface area contributed by atoms with E-state index in [-0.39, 0.29) is 6.61 Å². The third-order valence-electron chi connectivity index (χ3n) is 5.72. The lowest BCUT2D eigenvalue weighted by Gasteiger charge is -2.43. The number of benzene rings is 2. The Morgan fingerprint density at radius 1 is 0.774 bits per heavy atom. The fourth-order valence-electron chi connectivity index (χ4n) is 4.17. The number of hydrogen-bond acceptors (Lipinski definition) is 7. The molecular weight excluding hydrogens is 400 g/mol. The van der Waals surface area contributed by atoms with E-state index >= 15 is 0 Å². The van der Waals surface area contributed by atoms with Crippen molar-refractivity contribution in [2.24, 2.45) is 0 Å². The Kier molecular flexibility index (Phi) is 6.62. The molecule has 2 fully saturated rings. The standard InChI is InChI=1S/C24H30O7/c1-24(2)30-22-20(28-13-15-7-5-4-6-8-15)18(25)19(26)21(23(22)31-24)29-14-16-9-11-17(27-3)12-10-16/h4-12,18-23,25-26H,13-14H2,1-3H3/t18-,19-,20+,21+,22-,23+/m0/s1. The lowest BCUT2D eigenvalue weighted by Crippen LogP contribution is -2.63. The highest BCUT2D eigenvalue weighted by Crippen LogP contribution is 2.40. The average molecular weight is 430 g/mol. The van der Waals surface area contributed by atoms with Crippen molar-refractivity contribution < 1.29 is 33.9 Å². The Labute approximate surface area is 182 Å². The zero-order valence-electron chi connectivity index (χ0n) is 18.0. The molecule has 0 amide bonds. The summed E-state index contributed by atoms with van der Waals surface area (Å²) in [5.74, 6) is -0.125. The summed E-state index contributed by atoms with van der Waals surface area (Å²) in [6.07, 6.45) is -5.02. The van der Waals surface area contributed by atoms with E-state index in [0.717, 1.165) is 16.9 Å². The zero-order valence-corrected chi connectivity index (χ0v) is 18.0. The van der Waals surface area contributed by atoms with Crippen LogP contribution in [0, 0.1) is 0 Å². The molecule has 2 aromatic carbocycles. The molecule has 6 atom stereocenters. The van der Waals surface area contributed by atoms with Crippen LogP contribution in [0.2, 0.25) is 0 Å². The van der Waals surface area contributed by atoms with Crippen LogP contribution in [-0.2, 0) is 32.2 Å². The number of methoxy groups -OCH3 is 1. The van der Waals surface area contributed by atoms with Gasteiger partial charge in [-0.1, -0.05) is 42.5 Å². The van der Waals surface area contributed by atoms with Crippen LogP contribution in [0.5, 0.6) is 5.75 Å². The fraction of sp³-hybridized carbons (Fsp3) is 0.500. The monoisotopic (exact) mass is 430 g/mol. The molecule has 2 aliphatic rings. The minimum atomic E-state index is -1.18. The van der Waals surface area contributed by atoms with Crippen molar-refractivity contribution in [2.45, 2.75) is 69.5 Å². The van der Waals surface area contributed by atoms with E-state index in [0.29, 0.717) is 6.61 Å². The van der Waals surface area contributed by atoms with Crippen LogP contribution in [0.25, 0.3) is 0 Å². The second kappa shape index (κ2) is 9.24. The van der Waals surface area contributed by atoms with Gasteiger partial charge in [0.05, 0.1) is 20.3 Å². The summed E-state index contributed by atoms with van der Waals surface area (Å²) in [4.78, 5) is 0. The maximum Gasteiger partial charge on any atom is 0.164 e. The maximum absolute atomic E-state index is 10.9. The van der Waals surface area contributed by atoms with Crippen molar-refractivity contribution in [3.63, 3.8) is 0 Å². The molecule has 0 aromatic heterocycles. The van der Waals surface area contributed by atoms with Gasteiger partial charge in [-0.15, -0.1) is 0 Å². The Bertz CT molecular complexity index is 839. The van der Waals surface area contributed by atoms with Crippen molar-refractivity contribution >= 4 is 0 Å². The van der Waals surface area contributed by atoms with E-state index in [1.54, 1.807) is 21.0 Å². The van der Waals surface area contributed by atoms with E-state index < -0.39 is 42.4 Å². The molecule has 1 aliphatic carbocycles. The number of hydrogen-bond donors (Lipinski definition) is 2. The molecule has 7 nitrogen and oxygen atoms in total. The van der Waals surface area contributed by atoms with E-state index in [2.05, 4.69) is 0 Å². The molecule has 1 heterocycles. The van der Waals surface area contributed by atoms with Gasteiger partial charge in [0.15, 0.2) is 5.79 Å². The van der Waals surface area contributed by atoms with Crippen molar-refractivity contribution in [1.29, 1.82) is 0 Å². The SMILES string of the molecule is COc1ccc(CO[C@@H]2[C@@H](O)[C@H](O)[C@@H](OCc3ccccc3)[C@@H]3OC(C)(C)O[C@@H]32)cc1. The number of aliphatic hydroxyl groups excluding tert-OH is 2. The van der Waals surface area contributed by atoms with Gasteiger partial charge in [0.1, 0.15) is 42.4 Å². The highest BCUT2D eigenvalue weighted by atomic mass is 16.8. The van der Waals surface area contributed by atoms with Gasteiger partial charge in [0.25, 0.3) is 0 Å². The second-order valence-electron chi connectivity index (χ2n) is 8.43. The fourth-order valence-corrected chi connectivity index (χ4v) is 4.17. The molecule has 168 valence electrons. The summed E-state index contributed by atoms with van der Waals surface area (Å²) in [7, 11) is 1.61. The van der Waals surface area contributed by atoms with Crippen molar-refractivity contribution in [1.82, 2.24) is 0 Å². The van der Waals surface area contributed by atoms with Crippen LogP contribution in [0.1, 0.15) is 25.0 Å². The maximum atomic E-state index is 10.9. The van der Waals surface area contributed by atoms with E-state index in [1.165, 1.54) is 0 Å². The number of fused-ring (bicyclic) bond motifs is 1. The quantitative estimate of drug-likeness (QED) is 0.698. The Morgan fingerprint density at radius 2 is 1.26 bits per heavy atom. The van der Waals surface area contributed by atoms with Gasteiger partial charge >= 0.3 is 0 Å². The molecule has 2 N–H and O–H groups in total. The van der Waals surface area contributed by atoms with Crippen molar-refractivity contribution in [2.75, 3.05) is 7.11 Å². The largest absolute Gasteiger partial charge is 0.497 e. The highest BCUT2D eigenvalue weighted by molar-refractivity contribution is 5.26. The van der Waals surface area contributed by atoms with Crippen LogP contribution < -0.4 is 4.74 Å². The molecule has 1 aliphatic heterocycles. The summed E-state index contributed by atoms with van der Waals surface area (Å²) in [5.41, 5.74) is 1.89. The molecule has 1 saturated heterocycles. The molecule has 7 heteroatoms. The van der Waals surface area contributed by atoms with Crippen molar-refractivity contribution in [3.8, 4) is 5.75 Å². The van der Waals surface area contributed by atoms with Gasteiger partial charge in [-0.2, -0.15) is 0 Å². The molecule has 31 heavy (non-hydrogen) atoms. The average Bonchev–Trinajstić information content (AvgIpc) is 3.09. The van der Waals surface area contributed by atoms with Gasteiger partial charge in [0.2, 0.25) is 0 Å². The number of rotatable bonds is 7.